The van der Waals surface area contributed by atoms with Gasteiger partial charge in [-0.1, -0.05) is 6.92 Å². The highest BCUT2D eigenvalue weighted by Crippen LogP contribution is 2.27. The first kappa shape index (κ1) is 16.2. The van der Waals surface area contributed by atoms with Crippen molar-refractivity contribution in [2.75, 3.05) is 11.9 Å². The summed E-state index contributed by atoms with van der Waals surface area (Å²) >= 11 is 0. The highest BCUT2D eigenvalue weighted by Gasteiger charge is 2.18. The summed E-state index contributed by atoms with van der Waals surface area (Å²) in [6.07, 6.45) is 0.521. The molecule has 0 amide bonds. The zero-order chi connectivity index (χ0) is 15.3. The summed E-state index contributed by atoms with van der Waals surface area (Å²) in [5, 5.41) is 23.9. The van der Waals surface area contributed by atoms with Crippen LogP contribution in [-0.2, 0) is 0 Å². The van der Waals surface area contributed by atoms with Crippen molar-refractivity contribution < 1.29 is 14.8 Å². The van der Waals surface area contributed by atoms with Crippen molar-refractivity contribution in [1.82, 2.24) is 0 Å². The largest absolute Gasteiger partial charge is 0.491 e. The molecule has 2 N–H and O–H groups in total. The molecule has 6 nitrogen and oxygen atoms in total. The summed E-state index contributed by atoms with van der Waals surface area (Å²) in [7, 11) is 0. The molecule has 1 atom stereocenters. The number of anilines is 1. The van der Waals surface area contributed by atoms with Crippen LogP contribution in [0.25, 0.3) is 0 Å². The summed E-state index contributed by atoms with van der Waals surface area (Å²) in [4.78, 5) is 10.5. The van der Waals surface area contributed by atoms with E-state index in [2.05, 4.69) is 5.32 Å². The normalized spacial score (nSPS) is 13.9. The fourth-order valence-corrected chi connectivity index (χ4v) is 1.55. The van der Waals surface area contributed by atoms with Crippen LogP contribution in [0.2, 0.25) is 0 Å². The maximum absolute atomic E-state index is 10.9. The molecule has 0 aliphatic rings. The third-order valence-corrected chi connectivity index (χ3v) is 2.91. The molecule has 0 aromatic heterocycles. The van der Waals surface area contributed by atoms with Crippen molar-refractivity contribution in [2.24, 2.45) is 0 Å². The first-order chi connectivity index (χ1) is 9.23. The highest BCUT2D eigenvalue weighted by atomic mass is 16.6. The average Bonchev–Trinajstić information content (AvgIpc) is 2.35. The van der Waals surface area contributed by atoms with Crippen molar-refractivity contribution in [3.63, 3.8) is 0 Å². The Kier molecular flexibility index (Phi) is 5.33. The van der Waals surface area contributed by atoms with E-state index in [4.69, 9.17) is 4.74 Å². The number of nitro groups is 1. The van der Waals surface area contributed by atoms with Crippen LogP contribution in [0.1, 0.15) is 34.1 Å². The Morgan fingerprint density at radius 2 is 2.10 bits per heavy atom. The monoisotopic (exact) mass is 282 g/mol. The van der Waals surface area contributed by atoms with Gasteiger partial charge in [0.25, 0.3) is 5.69 Å². The van der Waals surface area contributed by atoms with Gasteiger partial charge in [0.05, 0.1) is 22.7 Å². The molecular formula is C14H22N2O4. The molecule has 1 unspecified atom stereocenters. The summed E-state index contributed by atoms with van der Waals surface area (Å²) in [5.41, 5.74) is -0.339. The van der Waals surface area contributed by atoms with Gasteiger partial charge < -0.3 is 15.2 Å². The van der Waals surface area contributed by atoms with E-state index < -0.39 is 10.5 Å². The number of non-ortho nitro benzene ring substituents is 1. The maximum Gasteiger partial charge on any atom is 0.275 e. The molecule has 0 saturated heterocycles. The lowest BCUT2D eigenvalue weighted by atomic mass is 10.0. The number of benzene rings is 1. The van der Waals surface area contributed by atoms with Crippen molar-refractivity contribution in [3.8, 4) is 5.75 Å². The molecular weight excluding hydrogens is 260 g/mol. The van der Waals surface area contributed by atoms with Crippen LogP contribution in [0.15, 0.2) is 18.2 Å². The summed E-state index contributed by atoms with van der Waals surface area (Å²) in [5.74, 6) is 0.438. The topological polar surface area (TPSA) is 84.6 Å². The number of nitro benzene ring substituents is 1. The first-order valence-corrected chi connectivity index (χ1v) is 6.66. The summed E-state index contributed by atoms with van der Waals surface area (Å²) in [6, 6.07) is 4.51. The number of nitrogens with zero attached hydrogens (tertiary/aromatic N) is 1. The second-order valence-corrected chi connectivity index (χ2v) is 5.34. The van der Waals surface area contributed by atoms with Crippen LogP contribution in [0.3, 0.4) is 0 Å². The molecule has 0 aliphatic carbocycles. The van der Waals surface area contributed by atoms with E-state index >= 15 is 0 Å². The minimum Gasteiger partial charge on any atom is -0.491 e. The number of ether oxygens (including phenoxy) is 1. The molecule has 1 rings (SSSR count). The second kappa shape index (κ2) is 6.56. The minimum atomic E-state index is -0.857. The summed E-state index contributed by atoms with van der Waals surface area (Å²) in [6.45, 7) is 7.61. The van der Waals surface area contributed by atoms with Crippen LogP contribution in [0, 0.1) is 10.1 Å². The first-order valence-electron chi connectivity index (χ1n) is 6.66. The van der Waals surface area contributed by atoms with Crippen LogP contribution in [-0.4, -0.2) is 28.3 Å². The molecule has 0 heterocycles. The van der Waals surface area contributed by atoms with Crippen molar-refractivity contribution in [3.05, 3.63) is 28.3 Å². The van der Waals surface area contributed by atoms with Gasteiger partial charge in [0.1, 0.15) is 5.75 Å². The Morgan fingerprint density at radius 1 is 1.45 bits per heavy atom. The number of hydrogen-bond acceptors (Lipinski definition) is 5. The standard InChI is InChI=1S/C14H22N2O4/c1-5-14(4,17)9-15-11-6-12(16(18)19)8-13(7-11)20-10(2)3/h6-8,10,15,17H,5,9H2,1-4H3. The van der Waals surface area contributed by atoms with Gasteiger partial charge in [0.15, 0.2) is 0 Å². The van der Waals surface area contributed by atoms with Gasteiger partial charge in [-0.3, -0.25) is 10.1 Å². The van der Waals surface area contributed by atoms with Crippen LogP contribution in [0.5, 0.6) is 5.75 Å². The van der Waals surface area contributed by atoms with Crippen molar-refractivity contribution in [1.29, 1.82) is 0 Å². The number of nitrogens with one attached hydrogen (secondary N) is 1. The molecule has 0 aliphatic heterocycles. The maximum atomic E-state index is 10.9. The number of hydrogen-bond donors (Lipinski definition) is 2. The predicted molar refractivity (Wildman–Crippen MR) is 78.3 cm³/mol. The Bertz CT molecular complexity index is 472. The molecule has 1 aromatic rings. The molecule has 0 spiro atoms. The second-order valence-electron chi connectivity index (χ2n) is 5.34. The fourth-order valence-electron chi connectivity index (χ4n) is 1.55. The molecule has 0 saturated carbocycles. The third kappa shape index (κ3) is 5.05. The van der Waals surface area contributed by atoms with E-state index in [-0.39, 0.29) is 11.8 Å². The predicted octanol–water partition coefficient (Wildman–Crippen LogP) is 2.95. The molecule has 6 heteroatoms. The summed E-state index contributed by atoms with van der Waals surface area (Å²) < 4.78 is 5.50. The number of rotatable bonds is 7. The Morgan fingerprint density at radius 3 is 2.60 bits per heavy atom. The van der Waals surface area contributed by atoms with Crippen molar-refractivity contribution in [2.45, 2.75) is 45.8 Å². The zero-order valence-electron chi connectivity index (χ0n) is 12.3. The van der Waals surface area contributed by atoms with E-state index in [0.29, 0.717) is 24.4 Å². The SMILES string of the molecule is CCC(C)(O)CNc1cc(OC(C)C)cc([N+](=O)[O-])c1. The van der Waals surface area contributed by atoms with E-state index in [1.165, 1.54) is 12.1 Å². The van der Waals surface area contributed by atoms with Crippen LogP contribution in [0.4, 0.5) is 11.4 Å². The molecule has 0 fully saturated rings. The average molecular weight is 282 g/mol. The van der Waals surface area contributed by atoms with E-state index in [1.54, 1.807) is 13.0 Å². The Hall–Kier alpha value is -1.82. The van der Waals surface area contributed by atoms with Crippen LogP contribution < -0.4 is 10.1 Å². The quantitative estimate of drug-likeness (QED) is 0.593. The van der Waals surface area contributed by atoms with E-state index in [0.717, 1.165) is 0 Å². The lowest BCUT2D eigenvalue weighted by molar-refractivity contribution is -0.384. The lowest BCUT2D eigenvalue weighted by Crippen LogP contribution is -2.32. The lowest BCUT2D eigenvalue weighted by Gasteiger charge is -2.22. The van der Waals surface area contributed by atoms with Gasteiger partial charge in [-0.25, -0.2) is 0 Å². The third-order valence-electron chi connectivity index (χ3n) is 2.91. The van der Waals surface area contributed by atoms with Gasteiger partial charge >= 0.3 is 0 Å². The van der Waals surface area contributed by atoms with Gasteiger partial charge in [0, 0.05) is 24.4 Å². The molecule has 112 valence electrons. The Balaban J connectivity index is 2.94. The smallest absolute Gasteiger partial charge is 0.275 e. The van der Waals surface area contributed by atoms with Gasteiger partial charge in [-0.2, -0.15) is 0 Å². The fraction of sp³-hybridized carbons (Fsp3) is 0.571. The van der Waals surface area contributed by atoms with Gasteiger partial charge in [-0.15, -0.1) is 0 Å². The van der Waals surface area contributed by atoms with E-state index in [1.807, 2.05) is 20.8 Å². The van der Waals surface area contributed by atoms with Gasteiger partial charge in [-0.05, 0) is 27.2 Å². The highest BCUT2D eigenvalue weighted by molar-refractivity contribution is 5.56. The van der Waals surface area contributed by atoms with E-state index in [9.17, 15) is 15.2 Å². The Labute approximate surface area is 118 Å². The zero-order valence-corrected chi connectivity index (χ0v) is 12.3. The van der Waals surface area contributed by atoms with Crippen molar-refractivity contribution >= 4 is 11.4 Å². The molecule has 0 bridgehead atoms. The van der Waals surface area contributed by atoms with Gasteiger partial charge in [0.2, 0.25) is 0 Å². The molecule has 1 aromatic carbocycles. The molecule has 0 radical (unpaired) electrons. The number of aliphatic hydroxyl groups is 1. The van der Waals surface area contributed by atoms with Crippen LogP contribution >= 0.6 is 0 Å². The molecule has 20 heavy (non-hydrogen) atoms. The minimum absolute atomic E-state index is 0.0400.